The Labute approximate surface area is 128 Å². The van der Waals surface area contributed by atoms with Crippen LogP contribution in [-0.2, 0) is 6.54 Å². The molecule has 0 bridgehead atoms. The number of para-hydroxylation sites is 1. The fourth-order valence-electron chi connectivity index (χ4n) is 2.20. The van der Waals surface area contributed by atoms with Crippen LogP contribution in [0.2, 0.25) is 0 Å². The third-order valence-corrected chi connectivity index (χ3v) is 3.50. The maximum absolute atomic E-state index is 12.5. The quantitative estimate of drug-likeness (QED) is 0.753. The Morgan fingerprint density at radius 1 is 1.32 bits per heavy atom. The molecule has 3 N–H and O–H groups in total. The molecule has 0 aliphatic rings. The van der Waals surface area contributed by atoms with E-state index in [2.05, 4.69) is 10.9 Å². The van der Waals surface area contributed by atoms with Gasteiger partial charge < -0.3 is 15.1 Å². The highest BCUT2D eigenvalue weighted by atomic mass is 16.3. The molecule has 6 nitrogen and oxygen atoms in total. The number of hydrazine groups is 1. The molecular formula is C16H19N3O3. The predicted octanol–water partition coefficient (Wildman–Crippen LogP) is 1.89. The number of benzene rings is 1. The summed E-state index contributed by atoms with van der Waals surface area (Å²) in [6, 6.07) is 6.95. The van der Waals surface area contributed by atoms with Crippen LogP contribution in [0.15, 0.2) is 40.8 Å². The standard InChI is InChI=1S/C16H19N3O3/c1-4-10(3)17-18-15(21)13-14(20)11-8-6-7-9-12(11)19(5-2)16(13)22/h4,6-9,17,20H,5H2,1-3H3,(H,18,21). The van der Waals surface area contributed by atoms with Crippen molar-refractivity contribution in [3.63, 3.8) is 0 Å². The number of aromatic hydroxyl groups is 1. The van der Waals surface area contributed by atoms with Crippen LogP contribution in [0.25, 0.3) is 10.9 Å². The van der Waals surface area contributed by atoms with E-state index in [0.717, 1.165) is 5.70 Å². The lowest BCUT2D eigenvalue weighted by molar-refractivity contribution is 0.0934. The number of hydrogen-bond donors (Lipinski definition) is 3. The number of hydrogen-bond acceptors (Lipinski definition) is 4. The minimum atomic E-state index is -0.670. The summed E-state index contributed by atoms with van der Waals surface area (Å²) in [5, 5.41) is 10.8. The molecule has 0 unspecified atom stereocenters. The van der Waals surface area contributed by atoms with Crippen LogP contribution in [0.3, 0.4) is 0 Å². The van der Waals surface area contributed by atoms with Gasteiger partial charge in [0.1, 0.15) is 11.3 Å². The Bertz CT molecular complexity index is 806. The smallest absolute Gasteiger partial charge is 0.279 e. The Morgan fingerprint density at radius 2 is 2.00 bits per heavy atom. The SMILES string of the molecule is CC=C(C)NNC(=O)c1c(O)c2ccccc2n(CC)c1=O. The maximum atomic E-state index is 12.5. The second-order valence-corrected chi connectivity index (χ2v) is 4.84. The van der Waals surface area contributed by atoms with E-state index in [0.29, 0.717) is 17.4 Å². The largest absolute Gasteiger partial charge is 0.506 e. The van der Waals surface area contributed by atoms with Crippen LogP contribution in [-0.4, -0.2) is 15.6 Å². The van der Waals surface area contributed by atoms with Gasteiger partial charge in [-0.15, -0.1) is 0 Å². The zero-order valence-corrected chi connectivity index (χ0v) is 12.8. The van der Waals surface area contributed by atoms with Gasteiger partial charge in [-0.1, -0.05) is 18.2 Å². The average Bonchev–Trinajstić information content (AvgIpc) is 2.53. The van der Waals surface area contributed by atoms with Gasteiger partial charge in [0.05, 0.1) is 5.52 Å². The highest BCUT2D eigenvalue weighted by molar-refractivity contribution is 6.02. The van der Waals surface area contributed by atoms with Gasteiger partial charge in [-0.25, -0.2) is 0 Å². The molecule has 0 atom stereocenters. The second kappa shape index (κ2) is 6.34. The first-order valence-electron chi connectivity index (χ1n) is 7.05. The number of fused-ring (bicyclic) bond motifs is 1. The minimum Gasteiger partial charge on any atom is -0.506 e. The molecule has 6 heteroatoms. The van der Waals surface area contributed by atoms with Crippen molar-refractivity contribution in [1.82, 2.24) is 15.4 Å². The van der Waals surface area contributed by atoms with Gasteiger partial charge in [-0.05, 0) is 32.9 Å². The predicted molar refractivity (Wildman–Crippen MR) is 85.6 cm³/mol. The van der Waals surface area contributed by atoms with Crippen LogP contribution >= 0.6 is 0 Å². The molecule has 0 fully saturated rings. The number of carbonyl (C=O) groups excluding carboxylic acids is 1. The lowest BCUT2D eigenvalue weighted by Crippen LogP contribution is -2.40. The molecule has 0 aliphatic carbocycles. The van der Waals surface area contributed by atoms with Gasteiger partial charge in [-0.2, -0.15) is 0 Å². The lowest BCUT2D eigenvalue weighted by atomic mass is 10.1. The molecule has 1 aromatic carbocycles. The number of carbonyl (C=O) groups is 1. The molecule has 1 amide bonds. The molecule has 1 aromatic heterocycles. The Balaban J connectivity index is 2.59. The summed E-state index contributed by atoms with van der Waals surface area (Å²) >= 11 is 0. The Hall–Kier alpha value is -2.76. The van der Waals surface area contributed by atoms with Crippen molar-refractivity contribution in [2.75, 3.05) is 0 Å². The van der Waals surface area contributed by atoms with Gasteiger partial charge >= 0.3 is 0 Å². The van der Waals surface area contributed by atoms with E-state index in [4.69, 9.17) is 0 Å². The summed E-state index contributed by atoms with van der Waals surface area (Å²) in [6.45, 7) is 5.80. The van der Waals surface area contributed by atoms with Crippen LogP contribution in [0, 0.1) is 0 Å². The van der Waals surface area contributed by atoms with Gasteiger partial charge in [0.15, 0.2) is 0 Å². The summed E-state index contributed by atoms with van der Waals surface area (Å²) in [4.78, 5) is 24.7. The molecule has 0 spiro atoms. The van der Waals surface area contributed by atoms with Gasteiger partial charge in [0.25, 0.3) is 11.5 Å². The van der Waals surface area contributed by atoms with Crippen molar-refractivity contribution in [3.8, 4) is 5.75 Å². The van der Waals surface area contributed by atoms with Crippen molar-refractivity contribution in [2.45, 2.75) is 27.3 Å². The van der Waals surface area contributed by atoms with E-state index in [1.54, 1.807) is 37.3 Å². The van der Waals surface area contributed by atoms with Crippen molar-refractivity contribution < 1.29 is 9.90 Å². The van der Waals surface area contributed by atoms with E-state index in [-0.39, 0.29) is 11.3 Å². The first-order valence-corrected chi connectivity index (χ1v) is 7.05. The molecule has 0 aliphatic heterocycles. The normalized spacial score (nSPS) is 11.5. The number of allylic oxidation sites excluding steroid dienone is 2. The minimum absolute atomic E-state index is 0.267. The van der Waals surface area contributed by atoms with E-state index in [1.165, 1.54) is 4.57 Å². The van der Waals surface area contributed by atoms with Crippen LogP contribution < -0.4 is 16.4 Å². The topological polar surface area (TPSA) is 83.4 Å². The molecule has 1 heterocycles. The van der Waals surface area contributed by atoms with Crippen LogP contribution in [0.4, 0.5) is 0 Å². The first-order chi connectivity index (χ1) is 10.5. The van der Waals surface area contributed by atoms with Gasteiger partial charge in [0.2, 0.25) is 0 Å². The monoisotopic (exact) mass is 301 g/mol. The van der Waals surface area contributed by atoms with Crippen molar-refractivity contribution in [3.05, 3.63) is 52.0 Å². The van der Waals surface area contributed by atoms with Crippen molar-refractivity contribution >= 4 is 16.8 Å². The first kappa shape index (κ1) is 15.6. The fourth-order valence-corrected chi connectivity index (χ4v) is 2.20. The summed E-state index contributed by atoms with van der Waals surface area (Å²) in [6.07, 6.45) is 1.77. The van der Waals surface area contributed by atoms with E-state index in [9.17, 15) is 14.7 Å². The third-order valence-electron chi connectivity index (χ3n) is 3.50. The molecule has 0 saturated carbocycles. The van der Waals surface area contributed by atoms with E-state index < -0.39 is 11.5 Å². The van der Waals surface area contributed by atoms with Crippen LogP contribution in [0.1, 0.15) is 31.1 Å². The summed E-state index contributed by atoms with van der Waals surface area (Å²) < 4.78 is 1.46. The number of aromatic nitrogens is 1. The van der Waals surface area contributed by atoms with E-state index >= 15 is 0 Å². The number of amides is 1. The fraction of sp³-hybridized carbons (Fsp3) is 0.250. The molecule has 2 aromatic rings. The Kier molecular flexibility index (Phi) is 4.50. The highest BCUT2D eigenvalue weighted by Crippen LogP contribution is 2.25. The number of nitrogens with one attached hydrogen (secondary N) is 2. The number of pyridine rings is 1. The van der Waals surface area contributed by atoms with E-state index in [1.807, 2.05) is 13.8 Å². The summed E-state index contributed by atoms with van der Waals surface area (Å²) in [7, 11) is 0. The molecule has 22 heavy (non-hydrogen) atoms. The number of nitrogens with zero attached hydrogens (tertiary/aromatic N) is 1. The lowest BCUT2D eigenvalue weighted by Gasteiger charge is -2.14. The van der Waals surface area contributed by atoms with Crippen molar-refractivity contribution in [1.29, 1.82) is 0 Å². The van der Waals surface area contributed by atoms with Crippen LogP contribution in [0.5, 0.6) is 5.75 Å². The second-order valence-electron chi connectivity index (χ2n) is 4.84. The summed E-state index contributed by atoms with van der Waals surface area (Å²) in [5.74, 6) is -0.973. The number of aryl methyl sites for hydroxylation is 1. The maximum Gasteiger partial charge on any atom is 0.279 e. The molecule has 116 valence electrons. The molecular weight excluding hydrogens is 282 g/mol. The third kappa shape index (κ3) is 2.67. The Morgan fingerprint density at radius 3 is 2.64 bits per heavy atom. The van der Waals surface area contributed by atoms with Gasteiger partial charge in [-0.3, -0.25) is 15.0 Å². The highest BCUT2D eigenvalue weighted by Gasteiger charge is 2.21. The molecule has 2 rings (SSSR count). The summed E-state index contributed by atoms with van der Waals surface area (Å²) in [5.41, 5.74) is 5.63. The van der Waals surface area contributed by atoms with Gasteiger partial charge in [0, 0.05) is 17.6 Å². The average molecular weight is 301 g/mol. The molecule has 0 saturated heterocycles. The zero-order valence-electron chi connectivity index (χ0n) is 12.8. The van der Waals surface area contributed by atoms with Crippen molar-refractivity contribution in [2.24, 2.45) is 0 Å². The molecule has 0 radical (unpaired) electrons. The number of rotatable bonds is 4. The zero-order chi connectivity index (χ0) is 16.3.